The van der Waals surface area contributed by atoms with Gasteiger partial charge in [-0.15, -0.1) is 0 Å². The summed E-state index contributed by atoms with van der Waals surface area (Å²) in [5.41, 5.74) is 8.15. The lowest BCUT2D eigenvalue weighted by Gasteiger charge is -2.11. The molecule has 0 bridgehead atoms. The van der Waals surface area contributed by atoms with E-state index in [1.165, 1.54) is 25.7 Å². The number of unbranched alkanes of at least 4 members (excludes halogenated alkanes) is 7. The van der Waals surface area contributed by atoms with Gasteiger partial charge in [-0.2, -0.15) is 0 Å². The zero-order valence-corrected chi connectivity index (χ0v) is 14.1. The lowest BCUT2D eigenvalue weighted by molar-refractivity contribution is -0.128. The number of rotatable bonds is 12. The number of amides is 1. The fraction of sp³-hybridized carbons (Fsp3) is 0.882. The molecular weight excluding hydrogens is 292 g/mol. The second-order valence-electron chi connectivity index (χ2n) is 6.39. The first kappa shape index (κ1) is 19.5. The molecular formula is C17H30N4O2. The van der Waals surface area contributed by atoms with E-state index < -0.39 is 0 Å². The summed E-state index contributed by atoms with van der Waals surface area (Å²) in [4.78, 5) is 26.3. The van der Waals surface area contributed by atoms with Crippen LogP contribution in [0.2, 0.25) is 0 Å². The van der Waals surface area contributed by atoms with Gasteiger partial charge in [0, 0.05) is 36.8 Å². The third-order valence-corrected chi connectivity index (χ3v) is 4.43. The number of nitrogens with one attached hydrogen (secondary N) is 1. The highest BCUT2D eigenvalue weighted by molar-refractivity contribution is 5.87. The van der Waals surface area contributed by atoms with E-state index in [-0.39, 0.29) is 17.6 Å². The molecule has 1 unspecified atom stereocenters. The number of hydrogen-bond donors (Lipinski definition) is 1. The van der Waals surface area contributed by atoms with Crippen molar-refractivity contribution in [1.29, 1.82) is 0 Å². The second-order valence-corrected chi connectivity index (χ2v) is 6.39. The van der Waals surface area contributed by atoms with Crippen LogP contribution >= 0.6 is 0 Å². The highest BCUT2D eigenvalue weighted by Gasteiger charge is 2.23. The van der Waals surface area contributed by atoms with E-state index in [9.17, 15) is 9.59 Å². The van der Waals surface area contributed by atoms with Crippen LogP contribution in [0.4, 0.5) is 0 Å². The molecule has 1 saturated heterocycles. The molecule has 1 atom stereocenters. The van der Waals surface area contributed by atoms with Crippen LogP contribution in [-0.4, -0.2) is 24.8 Å². The largest absolute Gasteiger partial charge is 0.356 e. The van der Waals surface area contributed by atoms with Gasteiger partial charge in [0.05, 0.1) is 0 Å². The minimum atomic E-state index is -0.0476. The summed E-state index contributed by atoms with van der Waals surface area (Å²) >= 11 is 0. The molecule has 0 radical (unpaired) electrons. The van der Waals surface area contributed by atoms with E-state index in [1.807, 2.05) is 0 Å². The lowest BCUT2D eigenvalue weighted by atomic mass is 9.92. The predicted octanol–water partition coefficient (Wildman–Crippen LogP) is 4.29. The molecule has 130 valence electrons. The third-order valence-electron chi connectivity index (χ3n) is 4.43. The molecule has 1 aliphatic rings. The first-order valence-corrected chi connectivity index (χ1v) is 9.04. The van der Waals surface area contributed by atoms with Crippen LogP contribution in [0.25, 0.3) is 10.4 Å². The smallest absolute Gasteiger partial charge is 0.220 e. The first-order valence-electron chi connectivity index (χ1n) is 9.04. The third kappa shape index (κ3) is 9.95. The molecule has 0 spiro atoms. The van der Waals surface area contributed by atoms with Crippen molar-refractivity contribution in [1.82, 2.24) is 5.32 Å². The summed E-state index contributed by atoms with van der Waals surface area (Å²) in [5.74, 6) is 0.259. The molecule has 1 fully saturated rings. The molecule has 0 saturated carbocycles. The van der Waals surface area contributed by atoms with E-state index in [0.717, 1.165) is 38.5 Å². The zero-order valence-electron chi connectivity index (χ0n) is 14.1. The zero-order chi connectivity index (χ0) is 16.8. The standard InChI is InChI=1S/C17H30N4O2/c18-21-20-13-8-6-4-2-1-3-5-7-11-16(22)15-10-9-12-19-17(23)14-15/h15H,1-14H2,(H,19,23). The van der Waals surface area contributed by atoms with Crippen molar-refractivity contribution in [3.63, 3.8) is 0 Å². The van der Waals surface area contributed by atoms with Crippen LogP contribution in [0, 0.1) is 5.92 Å². The maximum Gasteiger partial charge on any atom is 0.220 e. The Morgan fingerprint density at radius 3 is 2.48 bits per heavy atom. The minimum absolute atomic E-state index is 0.0290. The first-order chi connectivity index (χ1) is 11.2. The Labute approximate surface area is 139 Å². The Bertz CT molecular complexity index is 405. The maximum absolute atomic E-state index is 12.1. The Morgan fingerprint density at radius 1 is 1.13 bits per heavy atom. The van der Waals surface area contributed by atoms with E-state index in [2.05, 4.69) is 15.3 Å². The molecule has 1 heterocycles. The highest BCUT2D eigenvalue weighted by atomic mass is 16.2. The Balaban J connectivity index is 1.94. The SMILES string of the molecule is [N-]=[N+]=NCCCCCCCCCCC(=O)C1CCCNC(=O)C1. The van der Waals surface area contributed by atoms with Gasteiger partial charge < -0.3 is 5.32 Å². The van der Waals surface area contributed by atoms with Crippen molar-refractivity contribution in [3.05, 3.63) is 10.4 Å². The molecule has 6 heteroatoms. The molecule has 0 aromatic heterocycles. The average molecular weight is 322 g/mol. The molecule has 1 amide bonds. The molecule has 0 aliphatic carbocycles. The van der Waals surface area contributed by atoms with Crippen molar-refractivity contribution >= 4 is 11.7 Å². The van der Waals surface area contributed by atoms with Gasteiger partial charge in [-0.25, -0.2) is 0 Å². The van der Waals surface area contributed by atoms with Gasteiger partial charge in [-0.05, 0) is 31.2 Å². The number of hydrogen-bond acceptors (Lipinski definition) is 3. The summed E-state index contributed by atoms with van der Waals surface area (Å²) in [7, 11) is 0. The van der Waals surface area contributed by atoms with Crippen LogP contribution in [0.1, 0.15) is 77.0 Å². The van der Waals surface area contributed by atoms with Gasteiger partial charge in [0.25, 0.3) is 0 Å². The summed E-state index contributed by atoms with van der Waals surface area (Å²) < 4.78 is 0. The van der Waals surface area contributed by atoms with Crippen LogP contribution in [-0.2, 0) is 9.59 Å². The van der Waals surface area contributed by atoms with Gasteiger partial charge >= 0.3 is 0 Å². The number of nitrogens with zero attached hydrogens (tertiary/aromatic N) is 3. The van der Waals surface area contributed by atoms with Gasteiger partial charge in [-0.1, -0.05) is 43.6 Å². The van der Waals surface area contributed by atoms with Crippen LogP contribution in [0.3, 0.4) is 0 Å². The van der Waals surface area contributed by atoms with Gasteiger partial charge in [0.2, 0.25) is 5.91 Å². The summed E-state index contributed by atoms with van der Waals surface area (Å²) in [6.45, 7) is 1.32. The monoisotopic (exact) mass is 322 g/mol. The fourth-order valence-corrected chi connectivity index (χ4v) is 3.04. The van der Waals surface area contributed by atoms with Crippen molar-refractivity contribution in [2.24, 2.45) is 11.0 Å². The quantitative estimate of drug-likeness (QED) is 0.251. The van der Waals surface area contributed by atoms with Crippen LogP contribution < -0.4 is 5.32 Å². The van der Waals surface area contributed by atoms with E-state index in [4.69, 9.17) is 5.53 Å². The molecule has 23 heavy (non-hydrogen) atoms. The van der Waals surface area contributed by atoms with E-state index in [0.29, 0.717) is 25.9 Å². The van der Waals surface area contributed by atoms with E-state index >= 15 is 0 Å². The van der Waals surface area contributed by atoms with Crippen molar-refractivity contribution in [2.45, 2.75) is 77.0 Å². The Morgan fingerprint density at radius 2 is 1.78 bits per heavy atom. The predicted molar refractivity (Wildman–Crippen MR) is 90.9 cm³/mol. The van der Waals surface area contributed by atoms with E-state index in [1.54, 1.807) is 0 Å². The summed E-state index contributed by atoms with van der Waals surface area (Å²) in [6.07, 6.45) is 11.7. The van der Waals surface area contributed by atoms with Gasteiger partial charge in [-0.3, -0.25) is 9.59 Å². The molecule has 0 aromatic carbocycles. The molecule has 0 aromatic rings. The molecule has 1 N–H and O–H groups in total. The second kappa shape index (κ2) is 12.9. The van der Waals surface area contributed by atoms with Gasteiger partial charge in [0.15, 0.2) is 0 Å². The number of carbonyl (C=O) groups is 2. The average Bonchev–Trinajstić information content (AvgIpc) is 2.77. The van der Waals surface area contributed by atoms with Crippen molar-refractivity contribution in [3.8, 4) is 0 Å². The number of Topliss-reactive ketones (excluding diaryl/α,β-unsaturated/α-hetero) is 1. The minimum Gasteiger partial charge on any atom is -0.356 e. The maximum atomic E-state index is 12.1. The number of azide groups is 1. The van der Waals surface area contributed by atoms with Crippen LogP contribution in [0.15, 0.2) is 5.11 Å². The van der Waals surface area contributed by atoms with Crippen molar-refractivity contribution in [2.75, 3.05) is 13.1 Å². The number of carbonyl (C=O) groups excluding carboxylic acids is 2. The summed E-state index contributed by atoms with van der Waals surface area (Å²) in [6, 6.07) is 0. The molecule has 1 aliphatic heterocycles. The van der Waals surface area contributed by atoms with Gasteiger partial charge in [0.1, 0.15) is 5.78 Å². The lowest BCUT2D eigenvalue weighted by Crippen LogP contribution is -2.24. The fourth-order valence-electron chi connectivity index (χ4n) is 3.04. The normalized spacial score (nSPS) is 17.9. The topological polar surface area (TPSA) is 94.9 Å². The number of ketones is 1. The van der Waals surface area contributed by atoms with Crippen molar-refractivity contribution < 1.29 is 9.59 Å². The Kier molecular flexibility index (Phi) is 11.0. The van der Waals surface area contributed by atoms with Crippen LogP contribution in [0.5, 0.6) is 0 Å². The highest BCUT2D eigenvalue weighted by Crippen LogP contribution is 2.19. The molecule has 6 nitrogen and oxygen atoms in total. The molecule has 1 rings (SSSR count). The Hall–Kier alpha value is -1.55. The summed E-state index contributed by atoms with van der Waals surface area (Å²) in [5, 5.41) is 6.35.